The van der Waals surface area contributed by atoms with E-state index < -0.39 is 0 Å². The van der Waals surface area contributed by atoms with E-state index in [0.29, 0.717) is 30.2 Å². The van der Waals surface area contributed by atoms with Crippen LogP contribution in [0.2, 0.25) is 0 Å². The molecule has 4 saturated carbocycles. The number of hydrogen-bond acceptors (Lipinski definition) is 4. The Morgan fingerprint density at radius 1 is 0.921 bits per heavy atom. The molecule has 1 N–H and O–H groups in total. The van der Waals surface area contributed by atoms with Crippen molar-refractivity contribution in [3.8, 4) is 22.5 Å². The number of aromatic nitrogens is 6. The first-order chi connectivity index (χ1) is 18.7. The van der Waals surface area contributed by atoms with Gasteiger partial charge in [0.1, 0.15) is 0 Å². The van der Waals surface area contributed by atoms with Crippen LogP contribution in [-0.2, 0) is 13.0 Å². The van der Waals surface area contributed by atoms with Crippen LogP contribution in [0.15, 0.2) is 59.5 Å². The summed E-state index contributed by atoms with van der Waals surface area (Å²) in [5.41, 5.74) is 5.68. The summed E-state index contributed by atoms with van der Waals surface area (Å²) in [4.78, 5) is 13.9. The second-order valence-electron chi connectivity index (χ2n) is 11.9. The number of unbranched alkanes of at least 4 members (excludes halogenated alkanes) is 1. The smallest absolute Gasteiger partial charge is 0.295 e. The van der Waals surface area contributed by atoms with Crippen LogP contribution in [0, 0.1) is 23.7 Å². The molecule has 0 atom stereocenters. The van der Waals surface area contributed by atoms with Gasteiger partial charge < -0.3 is 0 Å². The molecule has 196 valence electrons. The number of nitrogens with zero attached hydrogens (tertiary/aromatic N) is 5. The summed E-state index contributed by atoms with van der Waals surface area (Å²) < 4.78 is 4.23. The lowest BCUT2D eigenvalue weighted by Crippen LogP contribution is -2.48. The van der Waals surface area contributed by atoms with E-state index in [1.54, 1.807) is 0 Å². The summed E-state index contributed by atoms with van der Waals surface area (Å²) in [6.07, 6.45) is 12.2. The fourth-order valence-electron chi connectivity index (χ4n) is 8.03. The Hall–Kier alpha value is -3.48. The number of nitrogens with one attached hydrogen (secondary N) is 1. The lowest BCUT2D eigenvalue weighted by atomic mass is 9.54. The molecular formula is C31H36N6O. The van der Waals surface area contributed by atoms with Crippen molar-refractivity contribution in [1.29, 1.82) is 0 Å². The lowest BCUT2D eigenvalue weighted by Gasteiger charge is -2.54. The van der Waals surface area contributed by atoms with Gasteiger partial charge in [0, 0.05) is 23.5 Å². The minimum atomic E-state index is 0.195. The van der Waals surface area contributed by atoms with Crippen LogP contribution >= 0.6 is 0 Å². The monoisotopic (exact) mass is 508 g/mol. The van der Waals surface area contributed by atoms with Crippen molar-refractivity contribution in [3.05, 3.63) is 76.5 Å². The summed E-state index contributed by atoms with van der Waals surface area (Å²) in [5.74, 6) is 3.86. The summed E-state index contributed by atoms with van der Waals surface area (Å²) >= 11 is 0. The van der Waals surface area contributed by atoms with Crippen molar-refractivity contribution >= 4 is 0 Å². The van der Waals surface area contributed by atoms with Crippen molar-refractivity contribution < 1.29 is 0 Å². The molecule has 2 aromatic heterocycles. The van der Waals surface area contributed by atoms with Gasteiger partial charge in [-0.2, -0.15) is 0 Å². The van der Waals surface area contributed by atoms with E-state index in [-0.39, 0.29) is 5.69 Å². The molecule has 2 aromatic carbocycles. The van der Waals surface area contributed by atoms with Crippen LogP contribution in [0.1, 0.15) is 69.2 Å². The minimum absolute atomic E-state index is 0.195. The van der Waals surface area contributed by atoms with Gasteiger partial charge in [-0.05, 0) is 95.7 Å². The number of H-pyrrole nitrogens is 1. The minimum Gasteiger partial charge on any atom is -0.295 e. The number of aromatic amines is 1. The Morgan fingerprint density at radius 3 is 2.29 bits per heavy atom. The Bertz CT molecular complexity index is 1440. The van der Waals surface area contributed by atoms with Gasteiger partial charge in [-0.3, -0.25) is 9.13 Å². The second-order valence-corrected chi connectivity index (χ2v) is 11.9. The predicted octanol–water partition coefficient (Wildman–Crippen LogP) is 5.89. The van der Waals surface area contributed by atoms with Crippen LogP contribution in [0.5, 0.6) is 0 Å². The van der Waals surface area contributed by atoms with Crippen LogP contribution in [-0.4, -0.2) is 29.8 Å². The standard InChI is InChI=1S/C31H36N6O/c1-2-3-6-26-19-37(29-24-14-21-13-22(16-24)17-25(29)15-21)31(38)36(26)18-20-9-11-23(12-10-20)27-7-4-5-8-28(27)30-32-34-35-33-30/h4-5,7-12,19,21-22,24-25,29H,2-3,6,13-18H2,1H3,(H,32,33,34,35). The highest BCUT2D eigenvalue weighted by molar-refractivity contribution is 5.80. The van der Waals surface area contributed by atoms with Gasteiger partial charge in [-0.25, -0.2) is 9.89 Å². The van der Waals surface area contributed by atoms with Crippen LogP contribution in [0.25, 0.3) is 22.5 Å². The molecule has 7 nitrogen and oxygen atoms in total. The molecule has 8 rings (SSSR count). The zero-order valence-electron chi connectivity index (χ0n) is 22.1. The first kappa shape index (κ1) is 23.6. The molecule has 4 aliphatic carbocycles. The van der Waals surface area contributed by atoms with Gasteiger partial charge in [0.15, 0.2) is 5.82 Å². The van der Waals surface area contributed by atoms with Gasteiger partial charge in [0.25, 0.3) is 0 Å². The van der Waals surface area contributed by atoms with Crippen molar-refractivity contribution in [1.82, 2.24) is 29.8 Å². The molecule has 4 aliphatic rings. The van der Waals surface area contributed by atoms with Gasteiger partial charge in [-0.1, -0.05) is 61.9 Å². The van der Waals surface area contributed by atoms with Crippen LogP contribution < -0.4 is 5.69 Å². The van der Waals surface area contributed by atoms with E-state index in [9.17, 15) is 4.79 Å². The van der Waals surface area contributed by atoms with Crippen LogP contribution in [0.3, 0.4) is 0 Å². The zero-order chi connectivity index (χ0) is 25.6. The average molecular weight is 509 g/mol. The largest absolute Gasteiger partial charge is 0.328 e. The summed E-state index contributed by atoms with van der Waals surface area (Å²) in [6.45, 7) is 2.84. The highest BCUT2D eigenvalue weighted by Crippen LogP contribution is 2.58. The number of tetrazole rings is 1. The van der Waals surface area contributed by atoms with Crippen molar-refractivity contribution in [3.63, 3.8) is 0 Å². The third-order valence-electron chi connectivity index (χ3n) is 9.50. The Balaban J connectivity index is 1.18. The predicted molar refractivity (Wildman–Crippen MR) is 148 cm³/mol. The Labute approximate surface area is 223 Å². The normalized spacial score (nSPS) is 25.8. The van der Waals surface area contributed by atoms with Crippen molar-refractivity contribution in [2.75, 3.05) is 0 Å². The number of aryl methyl sites for hydroxylation is 1. The first-order valence-corrected chi connectivity index (χ1v) is 14.4. The first-order valence-electron chi connectivity index (χ1n) is 14.4. The quantitative estimate of drug-likeness (QED) is 0.322. The van der Waals surface area contributed by atoms with E-state index in [4.69, 9.17) is 0 Å². The molecule has 0 saturated heterocycles. The highest BCUT2D eigenvalue weighted by Gasteiger charge is 2.49. The molecule has 38 heavy (non-hydrogen) atoms. The molecule has 0 spiro atoms. The molecule has 0 unspecified atom stereocenters. The molecule has 4 fully saturated rings. The molecule has 0 aliphatic heterocycles. The van der Waals surface area contributed by atoms with Gasteiger partial charge in [0.05, 0.1) is 6.54 Å². The number of rotatable bonds is 8. The summed E-state index contributed by atoms with van der Waals surface area (Å²) in [5, 5.41) is 14.4. The Morgan fingerprint density at radius 2 is 1.63 bits per heavy atom. The van der Waals surface area contributed by atoms with E-state index in [2.05, 4.69) is 73.2 Å². The molecule has 7 heteroatoms. The lowest BCUT2D eigenvalue weighted by molar-refractivity contribution is -0.0305. The fourth-order valence-corrected chi connectivity index (χ4v) is 8.03. The second kappa shape index (κ2) is 9.68. The van der Waals surface area contributed by atoms with E-state index in [1.807, 2.05) is 18.2 Å². The molecule has 4 aromatic rings. The highest BCUT2D eigenvalue weighted by atomic mass is 16.1. The number of benzene rings is 2. The fraction of sp³-hybridized carbons (Fsp3) is 0.484. The topological polar surface area (TPSA) is 81.4 Å². The van der Waals surface area contributed by atoms with Crippen molar-refractivity contribution in [2.45, 2.75) is 70.9 Å². The number of imidazole rings is 1. The maximum Gasteiger partial charge on any atom is 0.328 e. The molecule has 2 heterocycles. The summed E-state index contributed by atoms with van der Waals surface area (Å²) in [7, 11) is 0. The van der Waals surface area contributed by atoms with Gasteiger partial charge in [0.2, 0.25) is 0 Å². The molecule has 4 bridgehead atoms. The number of hydrogen-bond donors (Lipinski definition) is 1. The van der Waals surface area contributed by atoms with Gasteiger partial charge in [-0.15, -0.1) is 5.10 Å². The third kappa shape index (κ3) is 4.12. The third-order valence-corrected chi connectivity index (χ3v) is 9.50. The van der Waals surface area contributed by atoms with E-state index in [0.717, 1.165) is 53.4 Å². The summed E-state index contributed by atoms with van der Waals surface area (Å²) in [6, 6.07) is 17.1. The van der Waals surface area contributed by atoms with E-state index in [1.165, 1.54) is 37.8 Å². The van der Waals surface area contributed by atoms with Crippen molar-refractivity contribution in [2.24, 2.45) is 23.7 Å². The Kier molecular flexibility index (Phi) is 6.02. The SMILES string of the molecule is CCCCc1cn(C2C3CC4CC(C3)CC2C4)c(=O)n1Cc1ccc(-c2ccccc2-c2nnn[nH]2)cc1. The molecule has 0 radical (unpaired) electrons. The van der Waals surface area contributed by atoms with Crippen LogP contribution in [0.4, 0.5) is 0 Å². The van der Waals surface area contributed by atoms with Gasteiger partial charge >= 0.3 is 5.69 Å². The average Bonchev–Trinajstić information content (AvgIpc) is 3.57. The maximum absolute atomic E-state index is 13.9. The zero-order valence-corrected chi connectivity index (χ0v) is 22.1. The van der Waals surface area contributed by atoms with E-state index >= 15 is 0 Å². The maximum atomic E-state index is 13.9. The molecule has 0 amide bonds. The molecular weight excluding hydrogens is 472 g/mol.